The maximum absolute atomic E-state index is 11.5. The Morgan fingerprint density at radius 2 is 2.00 bits per heavy atom. The highest BCUT2D eigenvalue weighted by atomic mass is 32.3. The summed E-state index contributed by atoms with van der Waals surface area (Å²) in [6.07, 6.45) is 0. The minimum Gasteiger partial charge on any atom is -0.423 e. The average Bonchev–Trinajstić information content (AvgIpc) is 2.33. The molecular weight excluding hydrogens is 286 g/mol. The largest absolute Gasteiger partial charge is 0.423 e. The third kappa shape index (κ3) is 3.35. The van der Waals surface area contributed by atoms with Gasteiger partial charge < -0.3 is 9.32 Å². The van der Waals surface area contributed by atoms with E-state index in [1.807, 2.05) is 19.0 Å². The van der Waals surface area contributed by atoms with Crippen molar-refractivity contribution < 1.29 is 21.6 Å². The number of anilines is 1. The normalized spacial score (nSPS) is 11.8. The fourth-order valence-electron chi connectivity index (χ4n) is 1.75. The van der Waals surface area contributed by atoms with Crippen LogP contribution < -0.4 is 10.5 Å². The van der Waals surface area contributed by atoms with Crippen LogP contribution in [0.25, 0.3) is 11.0 Å². The Balaban J connectivity index is 2.52. The zero-order chi connectivity index (χ0) is 14.9. The number of nitrogens with zero attached hydrogens (tertiary/aromatic N) is 1. The average molecular weight is 299 g/mol. The molecule has 1 N–H and O–H groups in total. The van der Waals surface area contributed by atoms with Crippen molar-refractivity contribution in [3.63, 3.8) is 0 Å². The summed E-state index contributed by atoms with van der Waals surface area (Å²) >= 11 is 0. The monoisotopic (exact) mass is 299 g/mol. The Morgan fingerprint density at radius 3 is 2.60 bits per heavy atom. The molecule has 0 bridgehead atoms. The molecule has 0 aliphatic rings. The van der Waals surface area contributed by atoms with E-state index in [9.17, 15) is 13.2 Å². The van der Waals surface area contributed by atoms with Crippen molar-refractivity contribution in [1.82, 2.24) is 0 Å². The molecule has 108 valence electrons. The van der Waals surface area contributed by atoms with Gasteiger partial charge in [0.05, 0.1) is 6.61 Å². The summed E-state index contributed by atoms with van der Waals surface area (Å²) in [4.78, 5) is 13.3. The Bertz CT molecular complexity index is 793. The standard InChI is InChI=1S/C12H13NO6S/c1-13(2)9-3-4-10-8(7-18-20(15,16)17)5-12(14)19-11(10)6-9/h3-6H,7H2,1-2H3,(H,15,16,17). The van der Waals surface area contributed by atoms with Crippen molar-refractivity contribution in [2.45, 2.75) is 6.61 Å². The van der Waals surface area contributed by atoms with Crippen LogP contribution in [0.3, 0.4) is 0 Å². The Morgan fingerprint density at radius 1 is 1.30 bits per heavy atom. The van der Waals surface area contributed by atoms with Gasteiger partial charge in [0.1, 0.15) is 5.58 Å². The number of benzene rings is 1. The second-order valence-corrected chi connectivity index (χ2v) is 5.45. The summed E-state index contributed by atoms with van der Waals surface area (Å²) in [6, 6.07) is 6.27. The minimum atomic E-state index is -4.57. The smallest absolute Gasteiger partial charge is 0.397 e. The highest BCUT2D eigenvalue weighted by Gasteiger charge is 2.11. The van der Waals surface area contributed by atoms with Gasteiger partial charge in [-0.3, -0.25) is 4.55 Å². The third-order valence-corrected chi connectivity index (χ3v) is 3.11. The molecule has 1 aromatic carbocycles. The molecule has 20 heavy (non-hydrogen) atoms. The van der Waals surface area contributed by atoms with Crippen molar-refractivity contribution in [2.75, 3.05) is 19.0 Å². The summed E-state index contributed by atoms with van der Waals surface area (Å²) in [5, 5.41) is 0.541. The van der Waals surface area contributed by atoms with Crippen LogP contribution in [0, 0.1) is 0 Å². The Hall–Kier alpha value is -1.90. The van der Waals surface area contributed by atoms with Crippen molar-refractivity contribution in [1.29, 1.82) is 0 Å². The second-order valence-electron chi connectivity index (χ2n) is 4.36. The first kappa shape index (κ1) is 14.5. The summed E-state index contributed by atoms with van der Waals surface area (Å²) in [6.45, 7) is -0.442. The molecule has 0 radical (unpaired) electrons. The molecule has 8 heteroatoms. The van der Waals surface area contributed by atoms with Gasteiger partial charge in [0.15, 0.2) is 0 Å². The lowest BCUT2D eigenvalue weighted by Gasteiger charge is -2.13. The van der Waals surface area contributed by atoms with Crippen LogP contribution in [0.15, 0.2) is 33.5 Å². The second kappa shape index (κ2) is 5.23. The lowest BCUT2D eigenvalue weighted by molar-refractivity contribution is 0.260. The van der Waals surface area contributed by atoms with Crippen molar-refractivity contribution in [3.8, 4) is 0 Å². The van der Waals surface area contributed by atoms with Crippen LogP contribution in [0.1, 0.15) is 5.56 Å². The minimum absolute atomic E-state index is 0.317. The van der Waals surface area contributed by atoms with Gasteiger partial charge in [0.2, 0.25) is 0 Å². The van der Waals surface area contributed by atoms with Gasteiger partial charge in [0, 0.05) is 37.3 Å². The Kier molecular flexibility index (Phi) is 3.80. The van der Waals surface area contributed by atoms with E-state index in [1.165, 1.54) is 0 Å². The van der Waals surface area contributed by atoms with E-state index >= 15 is 0 Å². The van der Waals surface area contributed by atoms with Crippen LogP contribution in [0.4, 0.5) is 5.69 Å². The first-order valence-corrected chi connectivity index (χ1v) is 6.99. The van der Waals surface area contributed by atoms with Crippen molar-refractivity contribution in [3.05, 3.63) is 40.2 Å². The van der Waals surface area contributed by atoms with Crippen LogP contribution >= 0.6 is 0 Å². The molecule has 1 heterocycles. The first-order chi connectivity index (χ1) is 9.26. The van der Waals surface area contributed by atoms with Crippen molar-refractivity contribution in [2.24, 2.45) is 0 Å². The molecule has 0 spiro atoms. The lowest BCUT2D eigenvalue weighted by Crippen LogP contribution is -2.09. The number of rotatable bonds is 4. The SMILES string of the molecule is CN(C)c1ccc2c(COS(=O)(=O)O)cc(=O)oc2c1. The topological polar surface area (TPSA) is 97.0 Å². The van der Waals surface area contributed by atoms with Crippen LogP contribution in [-0.4, -0.2) is 27.1 Å². The van der Waals surface area contributed by atoms with E-state index in [1.54, 1.807) is 18.2 Å². The van der Waals surface area contributed by atoms with Gasteiger partial charge in [-0.15, -0.1) is 0 Å². The van der Waals surface area contributed by atoms with Gasteiger partial charge in [-0.05, 0) is 17.7 Å². The molecule has 0 unspecified atom stereocenters. The molecule has 0 aliphatic carbocycles. The fourth-order valence-corrected chi connectivity index (χ4v) is 2.03. The predicted octanol–water partition coefficient (Wildman–Crippen LogP) is 1.18. The fraction of sp³-hybridized carbons (Fsp3) is 0.250. The molecule has 0 saturated heterocycles. The quantitative estimate of drug-likeness (QED) is 0.668. The molecule has 2 aromatic rings. The summed E-state index contributed by atoms with van der Waals surface area (Å²) in [5.41, 5.74) is 0.840. The molecule has 0 atom stereocenters. The molecular formula is C12H13NO6S. The maximum atomic E-state index is 11.5. The van der Waals surface area contributed by atoms with Gasteiger partial charge in [-0.1, -0.05) is 0 Å². The van der Waals surface area contributed by atoms with E-state index in [4.69, 9.17) is 8.97 Å². The molecule has 0 aliphatic heterocycles. The third-order valence-electron chi connectivity index (χ3n) is 2.69. The molecule has 2 rings (SSSR count). The summed E-state index contributed by atoms with van der Waals surface area (Å²) in [5.74, 6) is 0. The highest BCUT2D eigenvalue weighted by Crippen LogP contribution is 2.23. The number of hydrogen-bond acceptors (Lipinski definition) is 6. The Labute approximate surface area is 115 Å². The lowest BCUT2D eigenvalue weighted by atomic mass is 10.1. The van der Waals surface area contributed by atoms with Crippen molar-refractivity contribution >= 4 is 27.1 Å². The summed E-state index contributed by atoms with van der Waals surface area (Å²) < 4.78 is 39.1. The highest BCUT2D eigenvalue weighted by molar-refractivity contribution is 7.80. The number of hydrogen-bond donors (Lipinski definition) is 1. The molecule has 7 nitrogen and oxygen atoms in total. The van der Waals surface area contributed by atoms with Gasteiger partial charge >= 0.3 is 16.0 Å². The van der Waals surface area contributed by atoms with E-state index in [0.717, 1.165) is 11.8 Å². The summed E-state index contributed by atoms with van der Waals surface area (Å²) in [7, 11) is -0.891. The zero-order valence-electron chi connectivity index (χ0n) is 10.9. The zero-order valence-corrected chi connectivity index (χ0v) is 11.7. The van der Waals surface area contributed by atoms with Crippen LogP contribution in [-0.2, 0) is 21.2 Å². The van der Waals surface area contributed by atoms with E-state index in [2.05, 4.69) is 4.18 Å². The van der Waals surface area contributed by atoms with Gasteiger partial charge in [0.25, 0.3) is 0 Å². The van der Waals surface area contributed by atoms with Gasteiger partial charge in [-0.25, -0.2) is 8.98 Å². The van der Waals surface area contributed by atoms with Gasteiger partial charge in [-0.2, -0.15) is 8.42 Å². The first-order valence-electron chi connectivity index (χ1n) is 5.62. The maximum Gasteiger partial charge on any atom is 0.397 e. The van der Waals surface area contributed by atoms with Crippen LogP contribution in [0.5, 0.6) is 0 Å². The van der Waals surface area contributed by atoms with Crippen LogP contribution in [0.2, 0.25) is 0 Å². The predicted molar refractivity (Wildman–Crippen MR) is 73.1 cm³/mol. The van der Waals surface area contributed by atoms with E-state index in [-0.39, 0.29) is 0 Å². The molecule has 0 fully saturated rings. The van der Waals surface area contributed by atoms with E-state index < -0.39 is 22.6 Å². The van der Waals surface area contributed by atoms with E-state index in [0.29, 0.717) is 16.5 Å². The molecule has 0 amide bonds. The number of fused-ring (bicyclic) bond motifs is 1. The molecule has 0 saturated carbocycles. The molecule has 1 aromatic heterocycles.